The van der Waals surface area contributed by atoms with E-state index in [4.69, 9.17) is 4.74 Å². The normalized spacial score (nSPS) is 11.0. The summed E-state index contributed by atoms with van der Waals surface area (Å²) in [7, 11) is 0. The Bertz CT molecular complexity index is 1090. The zero-order valence-corrected chi connectivity index (χ0v) is 15.8. The first kappa shape index (κ1) is 16.7. The van der Waals surface area contributed by atoms with Gasteiger partial charge in [-0.2, -0.15) is 0 Å². The molecule has 0 atom stereocenters. The highest BCUT2D eigenvalue weighted by molar-refractivity contribution is 7.28. The number of aryl methyl sites for hydroxylation is 1. The molecule has 0 aliphatic rings. The van der Waals surface area contributed by atoms with Crippen molar-refractivity contribution in [2.24, 2.45) is 0 Å². The summed E-state index contributed by atoms with van der Waals surface area (Å²) in [5, 5.41) is 7.17. The van der Waals surface area contributed by atoms with Gasteiger partial charge in [-0.15, -0.1) is 11.3 Å². The summed E-state index contributed by atoms with van der Waals surface area (Å²) < 4.78 is 7.55. The van der Waals surface area contributed by atoms with Crippen molar-refractivity contribution >= 4 is 60.0 Å². The number of benzene rings is 2. The van der Waals surface area contributed by atoms with Gasteiger partial charge in [-0.25, -0.2) is 14.8 Å². The van der Waals surface area contributed by atoms with E-state index in [0.29, 0.717) is 17.4 Å². The van der Waals surface area contributed by atoms with Crippen molar-refractivity contribution in [3.63, 3.8) is 0 Å². The van der Waals surface area contributed by atoms with Crippen molar-refractivity contribution in [1.82, 2.24) is 9.97 Å². The molecule has 0 unspecified atom stereocenters. The molecule has 0 aliphatic carbocycles. The average Bonchev–Trinajstić information content (AvgIpc) is 3.18. The molecule has 2 heterocycles. The van der Waals surface area contributed by atoms with Gasteiger partial charge in [-0.05, 0) is 50.2 Å². The Hall–Kier alpha value is -2.71. The Balaban J connectivity index is 1.51. The third kappa shape index (κ3) is 3.33. The lowest BCUT2D eigenvalue weighted by Crippen LogP contribution is -2.19. The fourth-order valence-electron chi connectivity index (χ4n) is 2.60. The molecule has 4 aromatic rings. The molecule has 0 radical (unpaired) electrons. The Morgan fingerprint density at radius 2 is 1.69 bits per heavy atom. The standard InChI is InChI=1S/C18H16N4O2S2/c1-3-24-12-6-4-11(5-7-12)20-17(23)22-18-21-14-9-8-13-15(16(14)26-18)25-10(2)19-13/h4-9H,3H2,1-2H3,(H2,20,21,22,23). The predicted octanol–water partition coefficient (Wildman–Crippen LogP) is 5.26. The molecular formula is C18H16N4O2S2. The molecule has 8 heteroatoms. The number of carbonyl (C=O) groups is 1. The number of aromatic nitrogens is 2. The van der Waals surface area contributed by atoms with E-state index in [2.05, 4.69) is 20.6 Å². The molecule has 2 aromatic heterocycles. The molecule has 0 saturated carbocycles. The van der Waals surface area contributed by atoms with Crippen LogP contribution in [0, 0.1) is 6.92 Å². The zero-order valence-electron chi connectivity index (χ0n) is 14.2. The van der Waals surface area contributed by atoms with E-state index in [0.717, 1.165) is 31.2 Å². The van der Waals surface area contributed by atoms with Crippen molar-refractivity contribution < 1.29 is 9.53 Å². The quantitative estimate of drug-likeness (QED) is 0.503. The molecule has 132 valence electrons. The lowest BCUT2D eigenvalue weighted by Gasteiger charge is -2.07. The van der Waals surface area contributed by atoms with Gasteiger partial charge >= 0.3 is 6.03 Å². The van der Waals surface area contributed by atoms with Gasteiger partial charge in [-0.1, -0.05) is 11.3 Å². The van der Waals surface area contributed by atoms with E-state index in [1.165, 1.54) is 11.3 Å². The van der Waals surface area contributed by atoms with Crippen molar-refractivity contribution in [2.45, 2.75) is 13.8 Å². The second-order valence-corrected chi connectivity index (χ2v) is 7.75. The molecule has 0 bridgehead atoms. The van der Waals surface area contributed by atoms with E-state index < -0.39 is 0 Å². The number of anilines is 2. The minimum Gasteiger partial charge on any atom is -0.494 e. The molecule has 26 heavy (non-hydrogen) atoms. The second kappa shape index (κ2) is 6.89. The summed E-state index contributed by atoms with van der Waals surface area (Å²) in [5.41, 5.74) is 2.52. The summed E-state index contributed by atoms with van der Waals surface area (Å²) in [6.45, 7) is 4.53. The molecule has 0 saturated heterocycles. The zero-order chi connectivity index (χ0) is 18.1. The van der Waals surface area contributed by atoms with Crippen LogP contribution in [0.2, 0.25) is 0 Å². The number of thiazole rings is 2. The molecule has 4 rings (SSSR count). The van der Waals surface area contributed by atoms with E-state index >= 15 is 0 Å². The van der Waals surface area contributed by atoms with Crippen LogP contribution in [-0.2, 0) is 0 Å². The Kier molecular flexibility index (Phi) is 4.44. The van der Waals surface area contributed by atoms with Gasteiger partial charge < -0.3 is 10.1 Å². The van der Waals surface area contributed by atoms with Crippen molar-refractivity contribution in [1.29, 1.82) is 0 Å². The Labute approximate surface area is 157 Å². The van der Waals surface area contributed by atoms with Crippen LogP contribution < -0.4 is 15.4 Å². The maximum atomic E-state index is 12.2. The topological polar surface area (TPSA) is 76.1 Å². The van der Waals surface area contributed by atoms with Crippen LogP contribution in [0.25, 0.3) is 20.4 Å². The first-order chi connectivity index (χ1) is 12.6. The maximum Gasteiger partial charge on any atom is 0.325 e. The number of nitrogens with one attached hydrogen (secondary N) is 2. The highest BCUT2D eigenvalue weighted by atomic mass is 32.1. The molecule has 2 amide bonds. The molecule has 0 fully saturated rings. The predicted molar refractivity (Wildman–Crippen MR) is 108 cm³/mol. The van der Waals surface area contributed by atoms with Gasteiger partial charge in [-0.3, -0.25) is 5.32 Å². The number of fused-ring (bicyclic) bond motifs is 3. The van der Waals surface area contributed by atoms with Crippen LogP contribution in [0.3, 0.4) is 0 Å². The molecule has 0 aliphatic heterocycles. The van der Waals surface area contributed by atoms with E-state index in [9.17, 15) is 4.79 Å². The SMILES string of the molecule is CCOc1ccc(NC(=O)Nc2nc3ccc4nc(C)sc4c3s2)cc1. The fourth-order valence-corrected chi connectivity index (χ4v) is 4.60. The van der Waals surface area contributed by atoms with Crippen LogP contribution in [0.4, 0.5) is 15.6 Å². The lowest BCUT2D eigenvalue weighted by atomic mass is 10.3. The van der Waals surface area contributed by atoms with E-state index in [1.807, 2.05) is 38.1 Å². The molecular weight excluding hydrogens is 368 g/mol. The highest BCUT2D eigenvalue weighted by Gasteiger charge is 2.12. The summed E-state index contributed by atoms with van der Waals surface area (Å²) in [6.07, 6.45) is 0. The largest absolute Gasteiger partial charge is 0.494 e. The first-order valence-corrected chi connectivity index (χ1v) is 9.73. The van der Waals surface area contributed by atoms with Crippen LogP contribution in [0.5, 0.6) is 5.75 Å². The number of nitrogens with zero attached hydrogens (tertiary/aromatic N) is 2. The van der Waals surface area contributed by atoms with Gasteiger partial charge in [0.05, 0.1) is 32.0 Å². The van der Waals surface area contributed by atoms with Gasteiger partial charge in [0.25, 0.3) is 0 Å². The van der Waals surface area contributed by atoms with Gasteiger partial charge in [0, 0.05) is 5.69 Å². The minimum atomic E-state index is -0.329. The number of amides is 2. The van der Waals surface area contributed by atoms with E-state index in [1.54, 1.807) is 23.5 Å². The summed E-state index contributed by atoms with van der Waals surface area (Å²) in [6, 6.07) is 10.8. The van der Waals surface area contributed by atoms with Crippen LogP contribution >= 0.6 is 22.7 Å². The number of carbonyl (C=O) groups excluding carboxylic acids is 1. The Morgan fingerprint density at radius 3 is 2.42 bits per heavy atom. The second-order valence-electron chi connectivity index (χ2n) is 5.55. The molecule has 6 nitrogen and oxygen atoms in total. The fraction of sp³-hybridized carbons (Fsp3) is 0.167. The Morgan fingerprint density at radius 1 is 1.00 bits per heavy atom. The molecule has 2 aromatic carbocycles. The van der Waals surface area contributed by atoms with Crippen molar-refractivity contribution in [3.05, 3.63) is 41.4 Å². The third-order valence-electron chi connectivity index (χ3n) is 3.66. The van der Waals surface area contributed by atoms with Gasteiger partial charge in [0.15, 0.2) is 5.13 Å². The van der Waals surface area contributed by atoms with Crippen molar-refractivity contribution in [2.75, 3.05) is 17.2 Å². The minimum absolute atomic E-state index is 0.329. The third-order valence-corrected chi connectivity index (χ3v) is 5.80. The smallest absolute Gasteiger partial charge is 0.325 e. The van der Waals surface area contributed by atoms with E-state index in [-0.39, 0.29) is 6.03 Å². The first-order valence-electron chi connectivity index (χ1n) is 8.10. The average molecular weight is 384 g/mol. The number of hydrogen-bond acceptors (Lipinski definition) is 6. The monoisotopic (exact) mass is 384 g/mol. The number of hydrogen-bond donors (Lipinski definition) is 2. The number of rotatable bonds is 4. The maximum absolute atomic E-state index is 12.2. The number of urea groups is 1. The van der Waals surface area contributed by atoms with Crippen LogP contribution in [0.1, 0.15) is 11.9 Å². The van der Waals surface area contributed by atoms with Crippen LogP contribution in [0.15, 0.2) is 36.4 Å². The number of ether oxygens (including phenoxy) is 1. The summed E-state index contributed by atoms with van der Waals surface area (Å²) in [5.74, 6) is 0.772. The van der Waals surface area contributed by atoms with Crippen molar-refractivity contribution in [3.8, 4) is 5.75 Å². The van der Waals surface area contributed by atoms with Crippen LogP contribution in [-0.4, -0.2) is 22.6 Å². The van der Waals surface area contributed by atoms with Gasteiger partial charge in [0.1, 0.15) is 5.75 Å². The highest BCUT2D eigenvalue weighted by Crippen LogP contribution is 2.35. The molecule has 0 spiro atoms. The summed E-state index contributed by atoms with van der Waals surface area (Å²) >= 11 is 3.10. The summed E-state index contributed by atoms with van der Waals surface area (Å²) in [4.78, 5) is 21.2. The van der Waals surface area contributed by atoms with Gasteiger partial charge in [0.2, 0.25) is 0 Å². The molecule has 2 N–H and O–H groups in total. The lowest BCUT2D eigenvalue weighted by molar-refractivity contribution is 0.262.